The van der Waals surface area contributed by atoms with Gasteiger partial charge in [-0.25, -0.2) is 0 Å². The van der Waals surface area contributed by atoms with Crippen LogP contribution in [0.5, 0.6) is 0 Å². The smallest absolute Gasteiger partial charge is 0.254 e. The molecule has 2 aliphatic rings. The van der Waals surface area contributed by atoms with E-state index in [-0.39, 0.29) is 11.8 Å². The van der Waals surface area contributed by atoms with Crippen LogP contribution in [0.3, 0.4) is 0 Å². The Bertz CT molecular complexity index is 1450. The maximum atomic E-state index is 13.3. The van der Waals surface area contributed by atoms with Crippen LogP contribution in [-0.4, -0.2) is 23.3 Å². The number of amides is 2. The van der Waals surface area contributed by atoms with E-state index in [1.165, 1.54) is 25.7 Å². The van der Waals surface area contributed by atoms with E-state index in [1.54, 1.807) is 0 Å². The van der Waals surface area contributed by atoms with Gasteiger partial charge in [-0.15, -0.1) is 0 Å². The van der Waals surface area contributed by atoms with Crippen LogP contribution in [0.4, 0.5) is 5.69 Å². The van der Waals surface area contributed by atoms with Crippen LogP contribution in [-0.2, 0) is 17.8 Å². The number of hydrogen-bond donors (Lipinski definition) is 1. The summed E-state index contributed by atoms with van der Waals surface area (Å²) in [6.45, 7) is 1.16. The maximum absolute atomic E-state index is 13.3. The molecule has 5 heteroatoms. The molecule has 1 aromatic heterocycles. The number of anilines is 1. The molecule has 4 aromatic rings. The third-order valence-corrected chi connectivity index (χ3v) is 7.84. The zero-order valence-electron chi connectivity index (χ0n) is 21.0. The lowest BCUT2D eigenvalue weighted by Crippen LogP contribution is -2.35. The minimum absolute atomic E-state index is 0.0430. The minimum Gasteiger partial charge on any atom is -0.461 e. The van der Waals surface area contributed by atoms with Crippen molar-refractivity contribution in [2.24, 2.45) is 5.92 Å². The van der Waals surface area contributed by atoms with Crippen LogP contribution in [0.15, 0.2) is 77.2 Å². The molecule has 0 saturated heterocycles. The molecular formula is C32H32N2O3. The Balaban J connectivity index is 1.13. The highest BCUT2D eigenvalue weighted by Gasteiger charge is 2.25. The first-order valence-electron chi connectivity index (χ1n) is 13.4. The fraction of sp³-hybridized carbons (Fsp3) is 0.312. The molecule has 5 nitrogen and oxygen atoms in total. The molecule has 1 fully saturated rings. The molecule has 0 atom stereocenters. The summed E-state index contributed by atoms with van der Waals surface area (Å²) in [6, 6.07) is 23.9. The Morgan fingerprint density at radius 1 is 0.919 bits per heavy atom. The second-order valence-electron chi connectivity index (χ2n) is 10.4. The average molecular weight is 493 g/mol. The van der Waals surface area contributed by atoms with Crippen LogP contribution in [0.2, 0.25) is 0 Å². The van der Waals surface area contributed by atoms with Crippen molar-refractivity contribution < 1.29 is 14.0 Å². The number of nitrogens with one attached hydrogen (secondary N) is 1. The molecule has 0 bridgehead atoms. The fourth-order valence-corrected chi connectivity index (χ4v) is 5.76. The molecule has 3 aromatic carbocycles. The van der Waals surface area contributed by atoms with Gasteiger partial charge in [0.05, 0.1) is 0 Å². The van der Waals surface area contributed by atoms with Crippen LogP contribution >= 0.6 is 0 Å². The number of furan rings is 1. The number of carbonyl (C=O) groups excluding carboxylic acids is 2. The highest BCUT2D eigenvalue weighted by atomic mass is 16.3. The topological polar surface area (TPSA) is 62.6 Å². The zero-order chi connectivity index (χ0) is 25.2. The second-order valence-corrected chi connectivity index (χ2v) is 10.4. The van der Waals surface area contributed by atoms with Gasteiger partial charge in [0.1, 0.15) is 11.5 Å². The van der Waals surface area contributed by atoms with Gasteiger partial charge in [0.15, 0.2) is 0 Å². The van der Waals surface area contributed by atoms with E-state index < -0.39 is 0 Å². The van der Waals surface area contributed by atoms with Crippen molar-refractivity contribution in [3.63, 3.8) is 0 Å². The van der Waals surface area contributed by atoms with Gasteiger partial charge in [-0.2, -0.15) is 0 Å². The van der Waals surface area contributed by atoms with Crippen molar-refractivity contribution in [1.82, 2.24) is 4.90 Å². The molecule has 0 radical (unpaired) electrons. The summed E-state index contributed by atoms with van der Waals surface area (Å²) in [6.07, 6.45) is 7.37. The van der Waals surface area contributed by atoms with E-state index in [2.05, 4.69) is 11.4 Å². The number of benzene rings is 3. The summed E-state index contributed by atoms with van der Waals surface area (Å²) in [5.74, 6) is 2.53. The summed E-state index contributed by atoms with van der Waals surface area (Å²) in [4.78, 5) is 27.7. The van der Waals surface area contributed by atoms with E-state index in [1.807, 2.05) is 71.6 Å². The Labute approximate surface area is 217 Å². The molecule has 1 aliphatic carbocycles. The predicted octanol–water partition coefficient (Wildman–Crippen LogP) is 7.21. The average Bonchev–Trinajstić information content (AvgIpc) is 3.61. The van der Waals surface area contributed by atoms with Gasteiger partial charge in [-0.05, 0) is 53.4 Å². The van der Waals surface area contributed by atoms with E-state index in [9.17, 15) is 9.59 Å². The Morgan fingerprint density at radius 3 is 2.62 bits per heavy atom. The van der Waals surface area contributed by atoms with Gasteiger partial charge in [0.2, 0.25) is 5.91 Å². The van der Waals surface area contributed by atoms with E-state index >= 15 is 0 Å². The number of nitrogens with zero attached hydrogens (tertiary/aromatic N) is 1. The molecule has 1 aliphatic heterocycles. The molecule has 2 heterocycles. The predicted molar refractivity (Wildman–Crippen MR) is 146 cm³/mol. The van der Waals surface area contributed by atoms with Crippen LogP contribution in [0.25, 0.3) is 22.1 Å². The van der Waals surface area contributed by atoms with Gasteiger partial charge in [-0.1, -0.05) is 68.1 Å². The van der Waals surface area contributed by atoms with Crippen molar-refractivity contribution in [2.45, 2.75) is 51.5 Å². The van der Waals surface area contributed by atoms with Crippen molar-refractivity contribution in [3.8, 4) is 11.3 Å². The summed E-state index contributed by atoms with van der Waals surface area (Å²) in [7, 11) is 0. The molecular weight excluding hydrogens is 460 g/mol. The Kier molecular flexibility index (Phi) is 6.52. The molecule has 6 rings (SSSR count). The fourth-order valence-electron chi connectivity index (χ4n) is 5.76. The Hall–Kier alpha value is -3.86. The molecule has 0 unspecified atom stereocenters. The molecule has 37 heavy (non-hydrogen) atoms. The lowest BCUT2D eigenvalue weighted by Gasteiger charge is -2.26. The minimum atomic E-state index is 0.0430. The first-order valence-corrected chi connectivity index (χ1v) is 13.4. The number of hydrogen-bond acceptors (Lipinski definition) is 3. The Morgan fingerprint density at radius 2 is 1.76 bits per heavy atom. The van der Waals surface area contributed by atoms with Crippen LogP contribution in [0, 0.1) is 5.92 Å². The zero-order valence-corrected chi connectivity index (χ0v) is 21.0. The van der Waals surface area contributed by atoms with Crippen molar-refractivity contribution in [2.75, 3.05) is 11.9 Å². The summed E-state index contributed by atoms with van der Waals surface area (Å²) in [5.41, 5.74) is 3.47. The van der Waals surface area contributed by atoms with Crippen molar-refractivity contribution >= 4 is 28.3 Å². The molecule has 1 N–H and O–H groups in total. The van der Waals surface area contributed by atoms with E-state index in [0.717, 1.165) is 45.5 Å². The van der Waals surface area contributed by atoms with Gasteiger partial charge >= 0.3 is 0 Å². The first kappa shape index (κ1) is 23.5. The molecule has 1 saturated carbocycles. The van der Waals surface area contributed by atoms with Crippen LogP contribution in [0.1, 0.15) is 60.2 Å². The van der Waals surface area contributed by atoms with E-state index in [0.29, 0.717) is 37.4 Å². The van der Waals surface area contributed by atoms with Gasteiger partial charge < -0.3 is 14.6 Å². The monoisotopic (exact) mass is 492 g/mol. The normalized spacial score (nSPS) is 15.6. The first-order chi connectivity index (χ1) is 18.1. The SMILES string of the molecule is O=C(CCC1CCCC1)Nc1cccc(-c2cc3c(o2)CCN(C(=O)c2ccc4ccccc4c2)C3)c1. The van der Waals surface area contributed by atoms with Gasteiger partial charge in [0.25, 0.3) is 5.91 Å². The number of carbonyl (C=O) groups is 2. The summed E-state index contributed by atoms with van der Waals surface area (Å²) >= 11 is 0. The van der Waals surface area contributed by atoms with E-state index in [4.69, 9.17) is 4.42 Å². The highest BCUT2D eigenvalue weighted by Crippen LogP contribution is 2.32. The lowest BCUT2D eigenvalue weighted by molar-refractivity contribution is -0.116. The summed E-state index contributed by atoms with van der Waals surface area (Å²) < 4.78 is 6.21. The maximum Gasteiger partial charge on any atom is 0.254 e. The van der Waals surface area contributed by atoms with Crippen LogP contribution < -0.4 is 5.32 Å². The lowest BCUT2D eigenvalue weighted by atomic mass is 10.0. The van der Waals surface area contributed by atoms with Crippen molar-refractivity contribution in [3.05, 3.63) is 89.7 Å². The van der Waals surface area contributed by atoms with Gasteiger partial charge in [0, 0.05) is 48.3 Å². The van der Waals surface area contributed by atoms with Gasteiger partial charge in [-0.3, -0.25) is 9.59 Å². The third-order valence-electron chi connectivity index (χ3n) is 7.84. The molecule has 188 valence electrons. The standard InChI is InChI=1S/C32H32N2O3/c35-31(15-12-22-6-1-2-7-22)33-28-11-5-10-25(19-28)30-20-27-21-34(17-16-29(27)37-30)32(36)26-14-13-23-8-3-4-9-24(23)18-26/h3-5,8-11,13-14,18-20,22H,1-2,6-7,12,15-17,21H2,(H,33,35). The quantitative estimate of drug-likeness (QED) is 0.309. The largest absolute Gasteiger partial charge is 0.461 e. The van der Waals surface area contributed by atoms with Crippen molar-refractivity contribution in [1.29, 1.82) is 0 Å². The summed E-state index contributed by atoms with van der Waals surface area (Å²) in [5, 5.41) is 5.26. The highest BCUT2D eigenvalue weighted by molar-refractivity contribution is 5.98. The number of fused-ring (bicyclic) bond motifs is 2. The molecule has 0 spiro atoms. The third kappa shape index (κ3) is 5.17. The molecule has 2 amide bonds. The second kappa shape index (κ2) is 10.3. The number of rotatable bonds is 6.